The fraction of sp³-hybridized carbons (Fsp3) is 0.154. The van der Waals surface area contributed by atoms with E-state index < -0.39 is 0 Å². The summed E-state index contributed by atoms with van der Waals surface area (Å²) in [6.45, 7) is 0. The third kappa shape index (κ3) is 2.31. The number of nitrogens with zero attached hydrogens (tertiary/aromatic N) is 4. The Bertz CT molecular complexity index is 663. The van der Waals surface area contributed by atoms with E-state index in [-0.39, 0.29) is 6.04 Å². The lowest BCUT2D eigenvalue weighted by Crippen LogP contribution is -2.29. The fourth-order valence-corrected chi connectivity index (χ4v) is 2.13. The van der Waals surface area contributed by atoms with Crippen LogP contribution in [0.2, 0.25) is 0 Å². The van der Waals surface area contributed by atoms with Crippen molar-refractivity contribution in [1.82, 2.24) is 25.0 Å². The number of pyridine rings is 1. The van der Waals surface area contributed by atoms with Crippen molar-refractivity contribution in [2.45, 2.75) is 12.5 Å². The molecule has 0 aliphatic heterocycles. The van der Waals surface area contributed by atoms with E-state index in [9.17, 15) is 0 Å². The number of nitrogens with one attached hydrogen (secondary N) is 1. The van der Waals surface area contributed by atoms with Crippen molar-refractivity contribution < 1.29 is 0 Å². The molecular weight excluding hydrogens is 240 g/mol. The summed E-state index contributed by atoms with van der Waals surface area (Å²) in [7, 11) is 0. The zero-order valence-electron chi connectivity index (χ0n) is 10.3. The fourth-order valence-electron chi connectivity index (χ4n) is 2.13. The van der Waals surface area contributed by atoms with Crippen molar-refractivity contribution >= 4 is 5.52 Å². The molecule has 0 saturated carbocycles. The maximum Gasteiger partial charge on any atom is 0.0893 e. The number of aromatic nitrogens is 4. The second-order valence-electron chi connectivity index (χ2n) is 4.29. The van der Waals surface area contributed by atoms with Crippen molar-refractivity contribution in [2.24, 2.45) is 5.84 Å². The Morgan fingerprint density at radius 3 is 2.89 bits per heavy atom. The van der Waals surface area contributed by atoms with Crippen LogP contribution in [0.1, 0.15) is 17.2 Å². The van der Waals surface area contributed by atoms with Gasteiger partial charge in [-0.3, -0.25) is 21.2 Å². The van der Waals surface area contributed by atoms with Gasteiger partial charge in [0, 0.05) is 30.4 Å². The average Bonchev–Trinajstić information content (AvgIpc) is 2.90. The molecule has 0 amide bonds. The van der Waals surface area contributed by atoms with Gasteiger partial charge in [0.2, 0.25) is 0 Å². The Labute approximate surface area is 110 Å². The summed E-state index contributed by atoms with van der Waals surface area (Å²) < 4.78 is 1.79. The summed E-state index contributed by atoms with van der Waals surface area (Å²) in [5.74, 6) is 5.67. The van der Waals surface area contributed by atoms with Crippen molar-refractivity contribution in [3.05, 3.63) is 60.4 Å². The largest absolute Gasteiger partial charge is 0.271 e. The molecule has 0 spiro atoms. The predicted octanol–water partition coefficient (Wildman–Crippen LogP) is 0.871. The van der Waals surface area contributed by atoms with Crippen LogP contribution in [0.15, 0.2) is 49.3 Å². The molecule has 3 aromatic rings. The van der Waals surface area contributed by atoms with Gasteiger partial charge in [0.15, 0.2) is 0 Å². The first-order valence-corrected chi connectivity index (χ1v) is 6.01. The van der Waals surface area contributed by atoms with Crippen molar-refractivity contribution in [1.29, 1.82) is 0 Å². The van der Waals surface area contributed by atoms with Crippen LogP contribution >= 0.6 is 0 Å². The van der Waals surface area contributed by atoms with Crippen LogP contribution in [0.5, 0.6) is 0 Å². The maximum absolute atomic E-state index is 5.67. The van der Waals surface area contributed by atoms with Gasteiger partial charge >= 0.3 is 0 Å². The number of hydrogen-bond acceptors (Lipinski definition) is 5. The number of hydrazine groups is 1. The van der Waals surface area contributed by atoms with E-state index in [2.05, 4.69) is 20.5 Å². The van der Waals surface area contributed by atoms with Crippen LogP contribution in [0.4, 0.5) is 0 Å². The Morgan fingerprint density at radius 1 is 1.21 bits per heavy atom. The molecule has 3 heterocycles. The van der Waals surface area contributed by atoms with Crippen molar-refractivity contribution in [3.8, 4) is 0 Å². The molecule has 0 aliphatic carbocycles. The number of nitrogens with two attached hydrogens (primary N) is 1. The highest BCUT2D eigenvalue weighted by Crippen LogP contribution is 2.21. The number of hydrogen-bond donors (Lipinski definition) is 2. The molecule has 0 fully saturated rings. The highest BCUT2D eigenvalue weighted by Gasteiger charge is 2.15. The third-order valence-corrected chi connectivity index (χ3v) is 3.09. The first kappa shape index (κ1) is 11.8. The molecule has 3 N–H and O–H groups in total. The second kappa shape index (κ2) is 5.13. The summed E-state index contributed by atoms with van der Waals surface area (Å²) in [5.41, 5.74) is 5.94. The van der Waals surface area contributed by atoms with E-state index in [1.165, 1.54) is 0 Å². The minimum atomic E-state index is -0.0223. The molecule has 1 unspecified atom stereocenters. The molecule has 1 atom stereocenters. The zero-order valence-corrected chi connectivity index (χ0v) is 10.3. The summed E-state index contributed by atoms with van der Waals surface area (Å²) >= 11 is 0. The van der Waals surface area contributed by atoms with E-state index >= 15 is 0 Å². The maximum atomic E-state index is 5.67. The van der Waals surface area contributed by atoms with Crippen LogP contribution in [-0.2, 0) is 6.42 Å². The summed E-state index contributed by atoms with van der Waals surface area (Å²) in [6, 6.07) is 3.92. The van der Waals surface area contributed by atoms with Crippen LogP contribution in [-0.4, -0.2) is 19.6 Å². The minimum Gasteiger partial charge on any atom is -0.271 e. The summed E-state index contributed by atoms with van der Waals surface area (Å²) in [6.07, 6.45) is 11.5. The van der Waals surface area contributed by atoms with Gasteiger partial charge in [0.05, 0.1) is 24.0 Å². The first-order chi connectivity index (χ1) is 9.38. The molecule has 0 saturated heterocycles. The Morgan fingerprint density at radius 2 is 2.11 bits per heavy atom. The SMILES string of the molecule is NNC(Cc1cccnc1)c1cnn2ccncc12. The van der Waals surface area contributed by atoms with Crippen molar-refractivity contribution in [2.75, 3.05) is 0 Å². The molecular formula is C13H14N6. The summed E-state index contributed by atoms with van der Waals surface area (Å²) in [4.78, 5) is 8.24. The van der Waals surface area contributed by atoms with Crippen LogP contribution in [0.3, 0.4) is 0 Å². The van der Waals surface area contributed by atoms with Crippen LogP contribution < -0.4 is 11.3 Å². The molecule has 0 bridgehead atoms. The third-order valence-electron chi connectivity index (χ3n) is 3.09. The van der Waals surface area contributed by atoms with Gasteiger partial charge < -0.3 is 0 Å². The highest BCUT2D eigenvalue weighted by atomic mass is 15.3. The lowest BCUT2D eigenvalue weighted by Gasteiger charge is -2.14. The highest BCUT2D eigenvalue weighted by molar-refractivity contribution is 5.53. The zero-order chi connectivity index (χ0) is 13.1. The van der Waals surface area contributed by atoms with E-state index in [1.807, 2.05) is 30.7 Å². The van der Waals surface area contributed by atoms with Crippen LogP contribution in [0.25, 0.3) is 5.52 Å². The Balaban J connectivity index is 1.94. The van der Waals surface area contributed by atoms with Gasteiger partial charge in [-0.05, 0) is 18.1 Å². The van der Waals surface area contributed by atoms with Crippen LogP contribution in [0, 0.1) is 0 Å². The van der Waals surface area contributed by atoms with Gasteiger partial charge in [-0.2, -0.15) is 5.10 Å². The topological polar surface area (TPSA) is 81.1 Å². The van der Waals surface area contributed by atoms with Gasteiger partial charge in [0.25, 0.3) is 0 Å². The molecule has 6 nitrogen and oxygen atoms in total. The number of fused-ring (bicyclic) bond motifs is 1. The van der Waals surface area contributed by atoms with Gasteiger partial charge in [-0.25, -0.2) is 4.52 Å². The molecule has 0 aromatic carbocycles. The lowest BCUT2D eigenvalue weighted by molar-refractivity contribution is 0.554. The molecule has 0 radical (unpaired) electrons. The molecule has 19 heavy (non-hydrogen) atoms. The molecule has 3 rings (SSSR count). The molecule has 6 heteroatoms. The van der Waals surface area contributed by atoms with E-state index in [1.54, 1.807) is 23.1 Å². The predicted molar refractivity (Wildman–Crippen MR) is 71.0 cm³/mol. The Hall–Kier alpha value is -2.31. The molecule has 3 aromatic heterocycles. The molecule has 96 valence electrons. The van der Waals surface area contributed by atoms with Gasteiger partial charge in [-0.1, -0.05) is 6.07 Å². The first-order valence-electron chi connectivity index (χ1n) is 6.01. The lowest BCUT2D eigenvalue weighted by atomic mass is 10.0. The molecule has 0 aliphatic rings. The summed E-state index contributed by atoms with van der Waals surface area (Å²) in [5, 5.41) is 4.29. The number of rotatable bonds is 4. The standard InChI is InChI=1S/C13H14N6/c14-18-12(6-10-2-1-3-15-7-10)11-8-17-19-5-4-16-9-13(11)19/h1-5,7-9,12,18H,6,14H2. The average molecular weight is 254 g/mol. The minimum absolute atomic E-state index is 0.0223. The van der Waals surface area contributed by atoms with Gasteiger partial charge in [0.1, 0.15) is 0 Å². The van der Waals surface area contributed by atoms with Gasteiger partial charge in [-0.15, -0.1) is 0 Å². The van der Waals surface area contributed by atoms with E-state index in [0.717, 1.165) is 23.1 Å². The Kier molecular flexibility index (Phi) is 3.18. The normalized spacial score (nSPS) is 12.7. The monoisotopic (exact) mass is 254 g/mol. The second-order valence-corrected chi connectivity index (χ2v) is 4.29. The van der Waals surface area contributed by atoms with Crippen molar-refractivity contribution in [3.63, 3.8) is 0 Å². The van der Waals surface area contributed by atoms with E-state index in [4.69, 9.17) is 5.84 Å². The smallest absolute Gasteiger partial charge is 0.0893 e. The van der Waals surface area contributed by atoms with E-state index in [0.29, 0.717) is 0 Å². The quantitative estimate of drug-likeness (QED) is 0.533.